The fourth-order valence-electron chi connectivity index (χ4n) is 1.97. The van der Waals surface area contributed by atoms with Crippen molar-refractivity contribution in [3.8, 4) is 5.75 Å². The Morgan fingerprint density at radius 2 is 1.70 bits per heavy atom. The van der Waals surface area contributed by atoms with E-state index in [2.05, 4.69) is 15.9 Å². The van der Waals surface area contributed by atoms with Gasteiger partial charge < -0.3 is 4.74 Å². The number of aldehydes is 1. The summed E-state index contributed by atoms with van der Waals surface area (Å²) in [5.74, 6) is 0.662. The molecule has 0 radical (unpaired) electrons. The molecular formula is C16H22BrClO2. The van der Waals surface area contributed by atoms with Crippen LogP contribution in [-0.4, -0.2) is 18.2 Å². The second kappa shape index (κ2) is 11.2. The molecule has 0 atom stereocenters. The van der Waals surface area contributed by atoms with Crippen molar-refractivity contribution in [2.75, 3.05) is 11.9 Å². The van der Waals surface area contributed by atoms with Gasteiger partial charge in [0.2, 0.25) is 0 Å². The maximum atomic E-state index is 10.6. The van der Waals surface area contributed by atoms with E-state index in [0.29, 0.717) is 22.9 Å². The number of carbonyl (C=O) groups excluding carboxylic acids is 1. The fraction of sp³-hybridized carbons (Fsp3) is 0.562. The van der Waals surface area contributed by atoms with E-state index in [4.69, 9.17) is 16.3 Å². The largest absolute Gasteiger partial charge is 0.492 e. The summed E-state index contributed by atoms with van der Waals surface area (Å²) in [5, 5.41) is 1.62. The topological polar surface area (TPSA) is 26.3 Å². The molecule has 0 aliphatic heterocycles. The molecule has 0 aromatic heterocycles. The quantitative estimate of drug-likeness (QED) is 0.289. The first-order valence-corrected chi connectivity index (χ1v) is 8.71. The first-order valence-electron chi connectivity index (χ1n) is 7.21. The van der Waals surface area contributed by atoms with Gasteiger partial charge in [-0.25, -0.2) is 0 Å². The molecule has 0 amide bonds. The molecular weight excluding hydrogens is 340 g/mol. The Labute approximate surface area is 135 Å². The molecule has 0 fully saturated rings. The van der Waals surface area contributed by atoms with Gasteiger partial charge in [-0.2, -0.15) is 0 Å². The van der Waals surface area contributed by atoms with E-state index in [9.17, 15) is 4.79 Å². The first kappa shape index (κ1) is 17.5. The number of unbranched alkanes of at least 4 members (excludes halogenated alkanes) is 6. The molecule has 1 aromatic rings. The number of ether oxygens (including phenoxy) is 1. The van der Waals surface area contributed by atoms with Crippen LogP contribution in [0.15, 0.2) is 18.2 Å². The summed E-state index contributed by atoms with van der Waals surface area (Å²) in [5.41, 5.74) is 0.575. The summed E-state index contributed by atoms with van der Waals surface area (Å²) < 4.78 is 5.63. The highest BCUT2D eigenvalue weighted by Crippen LogP contribution is 2.25. The molecule has 0 heterocycles. The molecule has 1 rings (SSSR count). The number of benzene rings is 1. The number of rotatable bonds is 11. The molecule has 112 valence electrons. The van der Waals surface area contributed by atoms with Crippen LogP contribution in [0.2, 0.25) is 5.02 Å². The Morgan fingerprint density at radius 1 is 1.05 bits per heavy atom. The zero-order chi connectivity index (χ0) is 14.6. The highest BCUT2D eigenvalue weighted by molar-refractivity contribution is 9.09. The molecule has 2 nitrogen and oxygen atoms in total. The molecule has 0 aliphatic rings. The second-order valence-corrected chi connectivity index (χ2v) is 6.02. The maximum absolute atomic E-state index is 10.6. The lowest BCUT2D eigenvalue weighted by molar-refractivity contribution is 0.112. The zero-order valence-corrected chi connectivity index (χ0v) is 14.1. The number of carbonyl (C=O) groups is 1. The van der Waals surface area contributed by atoms with Crippen LogP contribution in [0.25, 0.3) is 0 Å². The van der Waals surface area contributed by atoms with Crippen LogP contribution in [-0.2, 0) is 0 Å². The lowest BCUT2D eigenvalue weighted by atomic mass is 10.1. The van der Waals surface area contributed by atoms with E-state index in [1.165, 1.54) is 38.5 Å². The smallest absolute Gasteiger partial charge is 0.150 e. The van der Waals surface area contributed by atoms with E-state index >= 15 is 0 Å². The van der Waals surface area contributed by atoms with Crippen molar-refractivity contribution in [1.82, 2.24) is 0 Å². The van der Waals surface area contributed by atoms with Crippen molar-refractivity contribution in [3.63, 3.8) is 0 Å². The first-order chi connectivity index (χ1) is 9.77. The SMILES string of the molecule is O=Cc1ccc(OCCCCCCCCCBr)c(Cl)c1. The van der Waals surface area contributed by atoms with Crippen LogP contribution in [0.4, 0.5) is 0 Å². The molecule has 1 aromatic carbocycles. The van der Waals surface area contributed by atoms with Gasteiger partial charge in [0.05, 0.1) is 11.6 Å². The minimum Gasteiger partial charge on any atom is -0.492 e. The Balaban J connectivity index is 2.08. The monoisotopic (exact) mass is 360 g/mol. The van der Waals surface area contributed by atoms with Crippen molar-refractivity contribution >= 4 is 33.8 Å². The summed E-state index contributed by atoms with van der Waals surface area (Å²) in [6, 6.07) is 5.11. The summed E-state index contributed by atoms with van der Waals surface area (Å²) in [4.78, 5) is 10.6. The van der Waals surface area contributed by atoms with Gasteiger partial charge in [-0.3, -0.25) is 4.79 Å². The second-order valence-electron chi connectivity index (χ2n) is 4.82. The number of hydrogen-bond acceptors (Lipinski definition) is 2. The predicted octanol–water partition coefficient (Wildman–Crippen LogP) is 5.66. The normalized spacial score (nSPS) is 10.5. The van der Waals surface area contributed by atoms with Gasteiger partial charge in [0.25, 0.3) is 0 Å². The van der Waals surface area contributed by atoms with Crippen molar-refractivity contribution in [2.45, 2.75) is 44.9 Å². The summed E-state index contributed by atoms with van der Waals surface area (Å²) >= 11 is 9.47. The minimum atomic E-state index is 0.504. The van der Waals surface area contributed by atoms with Gasteiger partial charge in [-0.15, -0.1) is 0 Å². The highest BCUT2D eigenvalue weighted by Gasteiger charge is 2.02. The van der Waals surface area contributed by atoms with Crippen molar-refractivity contribution in [3.05, 3.63) is 28.8 Å². The van der Waals surface area contributed by atoms with Crippen LogP contribution < -0.4 is 4.74 Å². The summed E-state index contributed by atoms with van der Waals surface area (Å²) in [6.07, 6.45) is 9.52. The molecule has 0 N–H and O–H groups in total. The molecule has 0 saturated carbocycles. The van der Waals surface area contributed by atoms with Gasteiger partial charge in [0.1, 0.15) is 12.0 Å². The average molecular weight is 362 g/mol. The predicted molar refractivity (Wildman–Crippen MR) is 88.4 cm³/mol. The Kier molecular flexibility index (Phi) is 9.77. The molecule has 20 heavy (non-hydrogen) atoms. The highest BCUT2D eigenvalue weighted by atomic mass is 79.9. The number of alkyl halides is 1. The third kappa shape index (κ3) is 7.30. The number of halogens is 2. The van der Waals surface area contributed by atoms with Crippen LogP contribution >= 0.6 is 27.5 Å². The van der Waals surface area contributed by atoms with Crippen molar-refractivity contribution in [2.24, 2.45) is 0 Å². The third-order valence-electron chi connectivity index (χ3n) is 3.13. The lowest BCUT2D eigenvalue weighted by Gasteiger charge is -2.08. The minimum absolute atomic E-state index is 0.504. The van der Waals surface area contributed by atoms with E-state index in [1.807, 2.05) is 0 Å². The molecule has 0 aliphatic carbocycles. The van der Waals surface area contributed by atoms with Gasteiger partial charge >= 0.3 is 0 Å². The molecule has 0 spiro atoms. The Morgan fingerprint density at radius 3 is 2.30 bits per heavy atom. The molecule has 0 unspecified atom stereocenters. The van der Waals surface area contributed by atoms with Crippen LogP contribution in [0.1, 0.15) is 55.3 Å². The number of hydrogen-bond donors (Lipinski definition) is 0. The summed E-state index contributed by atoms with van der Waals surface area (Å²) in [6.45, 7) is 0.682. The van der Waals surface area contributed by atoms with Crippen LogP contribution in [0.5, 0.6) is 5.75 Å². The molecule has 4 heteroatoms. The Hall–Kier alpha value is -0.540. The van der Waals surface area contributed by atoms with Crippen LogP contribution in [0.3, 0.4) is 0 Å². The van der Waals surface area contributed by atoms with Gasteiger partial charge in [0.15, 0.2) is 0 Å². The standard InChI is InChI=1S/C16H22BrClO2/c17-10-6-4-2-1-3-5-7-11-20-16-9-8-14(13-19)12-15(16)18/h8-9,12-13H,1-7,10-11H2. The zero-order valence-electron chi connectivity index (χ0n) is 11.7. The van der Waals surface area contributed by atoms with E-state index in [1.54, 1.807) is 18.2 Å². The summed E-state index contributed by atoms with van der Waals surface area (Å²) in [7, 11) is 0. The molecule has 0 saturated heterocycles. The lowest BCUT2D eigenvalue weighted by Crippen LogP contribution is -1.98. The van der Waals surface area contributed by atoms with E-state index in [0.717, 1.165) is 18.0 Å². The van der Waals surface area contributed by atoms with Gasteiger partial charge in [0, 0.05) is 10.9 Å². The maximum Gasteiger partial charge on any atom is 0.150 e. The van der Waals surface area contributed by atoms with Crippen LogP contribution in [0, 0.1) is 0 Å². The Bertz CT molecular complexity index is 396. The average Bonchev–Trinajstić information content (AvgIpc) is 2.47. The van der Waals surface area contributed by atoms with E-state index in [-0.39, 0.29) is 0 Å². The fourth-order valence-corrected chi connectivity index (χ4v) is 2.61. The molecule has 0 bridgehead atoms. The third-order valence-corrected chi connectivity index (χ3v) is 3.98. The van der Waals surface area contributed by atoms with E-state index < -0.39 is 0 Å². The van der Waals surface area contributed by atoms with Gasteiger partial charge in [-0.05, 0) is 31.0 Å². The van der Waals surface area contributed by atoms with Crippen molar-refractivity contribution in [1.29, 1.82) is 0 Å². The van der Waals surface area contributed by atoms with Gasteiger partial charge in [-0.1, -0.05) is 59.6 Å². The van der Waals surface area contributed by atoms with Crippen molar-refractivity contribution < 1.29 is 9.53 Å².